The van der Waals surface area contributed by atoms with Crippen LogP contribution in [0.5, 0.6) is 0 Å². The summed E-state index contributed by atoms with van der Waals surface area (Å²) in [7, 11) is 0. The van der Waals surface area contributed by atoms with E-state index in [9.17, 15) is 9.59 Å². The Morgan fingerprint density at radius 2 is 1.96 bits per heavy atom. The average Bonchev–Trinajstić information content (AvgIpc) is 2.65. The van der Waals surface area contributed by atoms with Gasteiger partial charge in [0.25, 0.3) is 0 Å². The zero-order chi connectivity index (χ0) is 17.9. The van der Waals surface area contributed by atoms with Crippen LogP contribution in [0.3, 0.4) is 0 Å². The SMILES string of the molecule is CCOC(=O)[C@H](Cc1ccccc1)C(=O)NCCCN1CCOCC1. The molecule has 0 unspecified atom stereocenters. The lowest BCUT2D eigenvalue weighted by Crippen LogP contribution is -2.40. The fourth-order valence-electron chi connectivity index (χ4n) is 2.84. The number of carbonyl (C=O) groups is 2. The normalized spacial score (nSPS) is 16.2. The van der Waals surface area contributed by atoms with Gasteiger partial charge in [-0.1, -0.05) is 30.3 Å². The van der Waals surface area contributed by atoms with Gasteiger partial charge in [0.15, 0.2) is 0 Å². The Hall–Kier alpha value is -1.92. The zero-order valence-electron chi connectivity index (χ0n) is 14.9. The van der Waals surface area contributed by atoms with E-state index >= 15 is 0 Å². The molecule has 1 saturated heterocycles. The van der Waals surface area contributed by atoms with E-state index in [0.29, 0.717) is 13.0 Å². The number of hydrogen-bond donors (Lipinski definition) is 1. The Kier molecular flexibility index (Phi) is 8.42. The first-order valence-corrected chi connectivity index (χ1v) is 8.99. The van der Waals surface area contributed by atoms with Gasteiger partial charge in [0, 0.05) is 19.6 Å². The summed E-state index contributed by atoms with van der Waals surface area (Å²) >= 11 is 0. The molecule has 25 heavy (non-hydrogen) atoms. The topological polar surface area (TPSA) is 67.9 Å². The molecule has 1 fully saturated rings. The molecule has 0 radical (unpaired) electrons. The van der Waals surface area contributed by atoms with Gasteiger partial charge in [-0.25, -0.2) is 0 Å². The Bertz CT molecular complexity index is 529. The van der Waals surface area contributed by atoms with Crippen molar-refractivity contribution in [2.45, 2.75) is 19.8 Å². The van der Waals surface area contributed by atoms with E-state index in [1.165, 1.54) is 0 Å². The van der Waals surface area contributed by atoms with E-state index in [1.54, 1.807) is 6.92 Å². The van der Waals surface area contributed by atoms with Crippen molar-refractivity contribution >= 4 is 11.9 Å². The Morgan fingerprint density at radius 3 is 2.64 bits per heavy atom. The van der Waals surface area contributed by atoms with Gasteiger partial charge >= 0.3 is 5.97 Å². The van der Waals surface area contributed by atoms with E-state index in [1.807, 2.05) is 30.3 Å². The van der Waals surface area contributed by atoms with Crippen LogP contribution in [0.4, 0.5) is 0 Å². The Morgan fingerprint density at radius 1 is 1.24 bits per heavy atom. The second-order valence-electron chi connectivity index (χ2n) is 6.09. The molecule has 1 amide bonds. The van der Waals surface area contributed by atoms with Gasteiger partial charge in [0.05, 0.1) is 19.8 Å². The summed E-state index contributed by atoms with van der Waals surface area (Å²) in [4.78, 5) is 27.0. The van der Waals surface area contributed by atoms with Crippen molar-refractivity contribution in [2.24, 2.45) is 5.92 Å². The third-order valence-corrected chi connectivity index (χ3v) is 4.22. The Labute approximate surface area is 149 Å². The molecule has 6 nitrogen and oxygen atoms in total. The first-order valence-electron chi connectivity index (χ1n) is 8.99. The van der Waals surface area contributed by atoms with Gasteiger partial charge in [0.1, 0.15) is 5.92 Å². The fourth-order valence-corrected chi connectivity index (χ4v) is 2.84. The lowest BCUT2D eigenvalue weighted by Gasteiger charge is -2.26. The number of morpholine rings is 1. The summed E-state index contributed by atoms with van der Waals surface area (Å²) in [5.41, 5.74) is 0.948. The first kappa shape index (κ1) is 19.4. The monoisotopic (exact) mass is 348 g/mol. The predicted molar refractivity (Wildman–Crippen MR) is 95.2 cm³/mol. The van der Waals surface area contributed by atoms with Crippen molar-refractivity contribution in [1.29, 1.82) is 0 Å². The molecule has 0 aromatic heterocycles. The van der Waals surface area contributed by atoms with Gasteiger partial charge < -0.3 is 14.8 Å². The van der Waals surface area contributed by atoms with Crippen LogP contribution in [0.15, 0.2) is 30.3 Å². The van der Waals surface area contributed by atoms with E-state index in [2.05, 4.69) is 10.2 Å². The third kappa shape index (κ3) is 6.84. The molecule has 1 atom stereocenters. The highest BCUT2D eigenvalue weighted by Gasteiger charge is 2.28. The van der Waals surface area contributed by atoms with Gasteiger partial charge in [-0.15, -0.1) is 0 Å². The maximum atomic E-state index is 12.5. The minimum absolute atomic E-state index is 0.260. The van der Waals surface area contributed by atoms with Gasteiger partial charge in [-0.3, -0.25) is 14.5 Å². The molecule has 0 saturated carbocycles. The molecule has 0 aliphatic carbocycles. The molecule has 138 valence electrons. The molecule has 1 aliphatic heterocycles. The maximum absolute atomic E-state index is 12.5. The molecule has 0 spiro atoms. The molecular formula is C19H28N2O4. The van der Waals surface area contributed by atoms with Crippen LogP contribution < -0.4 is 5.32 Å². The quantitative estimate of drug-likeness (QED) is 0.413. The number of rotatable bonds is 9. The molecule has 2 rings (SSSR count). The van der Waals surface area contributed by atoms with Gasteiger partial charge in [0.2, 0.25) is 5.91 Å². The van der Waals surface area contributed by atoms with Crippen molar-refractivity contribution in [2.75, 3.05) is 46.0 Å². The van der Waals surface area contributed by atoms with Gasteiger partial charge in [-0.05, 0) is 31.9 Å². The van der Waals surface area contributed by atoms with Crippen LogP contribution in [0, 0.1) is 5.92 Å². The van der Waals surface area contributed by atoms with Crippen molar-refractivity contribution < 1.29 is 19.1 Å². The predicted octanol–water partition coefficient (Wildman–Crippen LogP) is 1.25. The second-order valence-corrected chi connectivity index (χ2v) is 6.09. The number of benzene rings is 1. The van der Waals surface area contributed by atoms with E-state index in [-0.39, 0.29) is 12.5 Å². The lowest BCUT2D eigenvalue weighted by atomic mass is 9.98. The molecule has 0 bridgehead atoms. The van der Waals surface area contributed by atoms with Crippen LogP contribution in [0.1, 0.15) is 18.9 Å². The van der Waals surface area contributed by atoms with Crippen molar-refractivity contribution in [3.8, 4) is 0 Å². The molecule has 1 aliphatic rings. The zero-order valence-corrected chi connectivity index (χ0v) is 14.9. The van der Waals surface area contributed by atoms with Crippen LogP contribution in [-0.4, -0.2) is 62.8 Å². The molecule has 6 heteroatoms. The fraction of sp³-hybridized carbons (Fsp3) is 0.579. The molecule has 1 heterocycles. The number of hydrogen-bond acceptors (Lipinski definition) is 5. The van der Waals surface area contributed by atoms with Crippen LogP contribution >= 0.6 is 0 Å². The van der Waals surface area contributed by atoms with Crippen LogP contribution in [-0.2, 0) is 25.5 Å². The van der Waals surface area contributed by atoms with E-state index in [4.69, 9.17) is 9.47 Å². The summed E-state index contributed by atoms with van der Waals surface area (Å²) in [6.45, 7) is 6.92. The highest BCUT2D eigenvalue weighted by Crippen LogP contribution is 2.11. The molecule has 1 N–H and O–H groups in total. The number of nitrogens with one attached hydrogen (secondary N) is 1. The number of nitrogens with zero attached hydrogens (tertiary/aromatic N) is 1. The Balaban J connectivity index is 1.80. The maximum Gasteiger partial charge on any atom is 0.318 e. The standard InChI is InChI=1S/C19H28N2O4/c1-2-25-19(23)17(15-16-7-4-3-5-8-16)18(22)20-9-6-10-21-11-13-24-14-12-21/h3-5,7-8,17H,2,6,9-15H2,1H3,(H,20,22)/t17-/m1/s1. The molecule has 1 aromatic carbocycles. The summed E-state index contributed by atoms with van der Waals surface area (Å²) in [6, 6.07) is 9.54. The van der Waals surface area contributed by atoms with Crippen LogP contribution in [0.2, 0.25) is 0 Å². The van der Waals surface area contributed by atoms with E-state index in [0.717, 1.165) is 44.8 Å². The molecular weight excluding hydrogens is 320 g/mol. The van der Waals surface area contributed by atoms with Crippen LogP contribution in [0.25, 0.3) is 0 Å². The van der Waals surface area contributed by atoms with Crippen molar-refractivity contribution in [3.05, 3.63) is 35.9 Å². The number of ether oxygens (including phenoxy) is 2. The minimum Gasteiger partial charge on any atom is -0.465 e. The summed E-state index contributed by atoms with van der Waals surface area (Å²) in [5.74, 6) is -1.52. The summed E-state index contributed by atoms with van der Waals surface area (Å²) in [6.07, 6.45) is 1.21. The average molecular weight is 348 g/mol. The summed E-state index contributed by atoms with van der Waals surface area (Å²) < 4.78 is 10.4. The number of amides is 1. The third-order valence-electron chi connectivity index (χ3n) is 4.22. The van der Waals surface area contributed by atoms with Crippen molar-refractivity contribution in [3.63, 3.8) is 0 Å². The van der Waals surface area contributed by atoms with E-state index < -0.39 is 11.9 Å². The molecule has 1 aromatic rings. The minimum atomic E-state index is -0.800. The van der Waals surface area contributed by atoms with Gasteiger partial charge in [-0.2, -0.15) is 0 Å². The highest BCUT2D eigenvalue weighted by atomic mass is 16.5. The summed E-state index contributed by atoms with van der Waals surface area (Å²) in [5, 5.41) is 2.88. The van der Waals surface area contributed by atoms with Crippen molar-refractivity contribution in [1.82, 2.24) is 10.2 Å². The number of esters is 1. The lowest BCUT2D eigenvalue weighted by molar-refractivity contribution is -0.152. The highest BCUT2D eigenvalue weighted by molar-refractivity contribution is 5.98. The number of carbonyl (C=O) groups excluding carboxylic acids is 2. The first-order chi connectivity index (χ1) is 12.2. The largest absolute Gasteiger partial charge is 0.465 e. The second kappa shape index (κ2) is 10.8. The smallest absolute Gasteiger partial charge is 0.318 e.